The van der Waals surface area contributed by atoms with E-state index in [-0.39, 0.29) is 39.6 Å². The number of rotatable bonds is 8. The summed E-state index contributed by atoms with van der Waals surface area (Å²) in [6.45, 7) is 7.46. The first-order valence-corrected chi connectivity index (χ1v) is 11.9. The summed E-state index contributed by atoms with van der Waals surface area (Å²) in [4.78, 5) is 28.9. The number of nitrogens with one attached hydrogen (secondary N) is 4. The van der Waals surface area contributed by atoms with Crippen molar-refractivity contribution in [3.8, 4) is 0 Å². The van der Waals surface area contributed by atoms with Gasteiger partial charge in [-0.1, -0.05) is 13.8 Å². The molecule has 1 aromatic carbocycles. The Morgan fingerprint density at radius 1 is 1.26 bits per heavy atom. The Kier molecular flexibility index (Phi) is 7.11. The number of aromatic nitrogens is 3. The maximum atomic E-state index is 15.4. The van der Waals surface area contributed by atoms with E-state index in [2.05, 4.69) is 43.0 Å². The predicted molar refractivity (Wildman–Crippen MR) is 132 cm³/mol. The first kappa shape index (κ1) is 24.7. The van der Waals surface area contributed by atoms with Crippen molar-refractivity contribution in [2.75, 3.05) is 7.05 Å². The number of amidine groups is 1. The van der Waals surface area contributed by atoms with E-state index in [9.17, 15) is 9.18 Å². The molecule has 1 fully saturated rings. The molecule has 1 aliphatic carbocycles. The number of aliphatic imine (C=N–C) groups is 1. The Hall–Kier alpha value is -3.40. The molecule has 35 heavy (non-hydrogen) atoms. The number of hydrogen-bond acceptors (Lipinski definition) is 5. The van der Waals surface area contributed by atoms with Crippen molar-refractivity contribution in [1.29, 1.82) is 0 Å². The Labute approximate surface area is 203 Å². The van der Waals surface area contributed by atoms with E-state index in [0.29, 0.717) is 23.9 Å². The van der Waals surface area contributed by atoms with Gasteiger partial charge in [0.05, 0.1) is 11.2 Å². The number of carbonyl (C=O) groups excluding carboxylic acids is 1. The first-order chi connectivity index (χ1) is 16.7. The highest BCUT2D eigenvalue weighted by Crippen LogP contribution is 2.35. The smallest absolute Gasteiger partial charge is 0.256 e. The van der Waals surface area contributed by atoms with E-state index in [1.54, 1.807) is 19.9 Å². The molecule has 1 amide bonds. The van der Waals surface area contributed by atoms with Crippen molar-refractivity contribution in [3.05, 3.63) is 52.6 Å². The van der Waals surface area contributed by atoms with E-state index < -0.39 is 23.5 Å². The van der Waals surface area contributed by atoms with Gasteiger partial charge in [0, 0.05) is 42.1 Å². The highest BCUT2D eigenvalue weighted by atomic mass is 19.1. The Morgan fingerprint density at radius 2 is 2.00 bits per heavy atom. The molecule has 0 aliphatic heterocycles. The second kappa shape index (κ2) is 10.1. The van der Waals surface area contributed by atoms with E-state index in [1.165, 1.54) is 26.2 Å². The number of nitrogens with zero attached hydrogens (tertiary/aromatic N) is 3. The van der Waals surface area contributed by atoms with Crippen LogP contribution in [0.4, 0.5) is 14.6 Å². The van der Waals surface area contributed by atoms with Crippen LogP contribution in [0.25, 0.3) is 10.9 Å². The molecule has 2 heterocycles. The standard InChI is InChI=1S/C25H31F2N7O/c1-6-19(34-33-14(4)15-7-8-15)32-24-20(25(35)28-5)22(29-11-30-24)13(3)16-10-18(26)23-17(21(16)27)9-12(2)31-23/h9-11,13-15,31,33H,6-8H2,1-5H3,(H,28,35)(H,29,30,32,34). The number of benzene rings is 1. The molecule has 8 nitrogen and oxygen atoms in total. The van der Waals surface area contributed by atoms with Gasteiger partial charge in [0.2, 0.25) is 0 Å². The fraction of sp³-hybridized carbons (Fsp3) is 0.440. The average molecular weight is 484 g/mol. The van der Waals surface area contributed by atoms with Crippen molar-refractivity contribution < 1.29 is 13.6 Å². The maximum absolute atomic E-state index is 15.4. The van der Waals surface area contributed by atoms with Gasteiger partial charge in [0.25, 0.3) is 5.91 Å². The molecule has 0 saturated heterocycles. The zero-order valence-corrected chi connectivity index (χ0v) is 20.6. The van der Waals surface area contributed by atoms with Crippen molar-refractivity contribution >= 4 is 28.5 Å². The largest absolute Gasteiger partial charge is 0.356 e. The molecule has 3 aromatic rings. The lowest BCUT2D eigenvalue weighted by Crippen LogP contribution is -2.43. The minimum absolute atomic E-state index is 0.0987. The van der Waals surface area contributed by atoms with Crippen molar-refractivity contribution in [1.82, 2.24) is 31.1 Å². The van der Waals surface area contributed by atoms with Crippen molar-refractivity contribution in [2.24, 2.45) is 10.9 Å². The van der Waals surface area contributed by atoms with Gasteiger partial charge in [-0.2, -0.15) is 0 Å². The van der Waals surface area contributed by atoms with E-state index >= 15 is 4.39 Å². The number of carbonyl (C=O) groups is 1. The van der Waals surface area contributed by atoms with Gasteiger partial charge in [0.1, 0.15) is 29.4 Å². The second-order valence-corrected chi connectivity index (χ2v) is 9.07. The number of aryl methyl sites for hydroxylation is 1. The Bertz CT molecular complexity index is 1280. The van der Waals surface area contributed by atoms with Crippen molar-refractivity contribution in [2.45, 2.75) is 58.9 Å². The fourth-order valence-electron chi connectivity index (χ4n) is 4.22. The van der Waals surface area contributed by atoms with Gasteiger partial charge < -0.3 is 15.7 Å². The highest BCUT2D eigenvalue weighted by Gasteiger charge is 2.29. The lowest BCUT2D eigenvalue weighted by Gasteiger charge is -2.18. The summed E-state index contributed by atoms with van der Waals surface area (Å²) in [6, 6.07) is 3.00. The lowest BCUT2D eigenvalue weighted by molar-refractivity contribution is 0.0962. The van der Waals surface area contributed by atoms with Crippen molar-refractivity contribution in [3.63, 3.8) is 0 Å². The molecule has 0 bridgehead atoms. The number of hydrogen-bond donors (Lipinski definition) is 4. The number of H-pyrrole nitrogens is 1. The molecule has 1 aliphatic rings. The third kappa shape index (κ3) is 5.02. The normalized spacial score (nSPS) is 15.8. The van der Waals surface area contributed by atoms with Crippen LogP contribution >= 0.6 is 0 Å². The first-order valence-electron chi connectivity index (χ1n) is 11.9. The molecular weight excluding hydrogens is 452 g/mol. The molecular formula is C25H31F2N7O. The lowest BCUT2D eigenvalue weighted by atomic mass is 9.92. The molecule has 2 aromatic heterocycles. The minimum Gasteiger partial charge on any atom is -0.356 e. The van der Waals surface area contributed by atoms with Crippen LogP contribution in [-0.2, 0) is 0 Å². The zero-order valence-electron chi connectivity index (χ0n) is 20.6. The van der Waals surface area contributed by atoms with Gasteiger partial charge in [0.15, 0.2) is 5.82 Å². The third-order valence-electron chi connectivity index (χ3n) is 6.50. The Balaban J connectivity index is 1.75. The average Bonchev–Trinajstić information content (AvgIpc) is 3.63. The zero-order chi connectivity index (χ0) is 25.3. The monoisotopic (exact) mass is 483 g/mol. The summed E-state index contributed by atoms with van der Waals surface area (Å²) in [7, 11) is 1.49. The quantitative estimate of drug-likeness (QED) is 0.216. The van der Waals surface area contributed by atoms with Crippen LogP contribution in [0.1, 0.15) is 73.3 Å². The molecule has 186 valence electrons. The fourth-order valence-corrected chi connectivity index (χ4v) is 4.22. The molecule has 0 spiro atoms. The molecule has 4 N–H and O–H groups in total. The maximum Gasteiger partial charge on any atom is 0.256 e. The minimum atomic E-state index is -0.737. The molecule has 10 heteroatoms. The number of fused-ring (bicyclic) bond motifs is 1. The summed E-state index contributed by atoms with van der Waals surface area (Å²) in [6.07, 6.45) is 4.26. The van der Waals surface area contributed by atoms with Crippen LogP contribution in [-0.4, -0.2) is 39.8 Å². The van der Waals surface area contributed by atoms with Gasteiger partial charge in [-0.05, 0) is 44.7 Å². The van der Waals surface area contributed by atoms with Gasteiger partial charge in [-0.3, -0.25) is 4.79 Å². The number of aromatic amines is 1. The van der Waals surface area contributed by atoms with Gasteiger partial charge in [-0.25, -0.2) is 29.2 Å². The summed E-state index contributed by atoms with van der Waals surface area (Å²) >= 11 is 0. The summed E-state index contributed by atoms with van der Waals surface area (Å²) in [5, 5.41) is 2.75. The van der Waals surface area contributed by atoms with Gasteiger partial charge in [-0.15, -0.1) is 0 Å². The van der Waals surface area contributed by atoms with Crippen LogP contribution in [0.3, 0.4) is 0 Å². The summed E-state index contributed by atoms with van der Waals surface area (Å²) < 4.78 is 30.3. The number of hydrazine groups is 1. The SMILES string of the molecule is CCC(=Nc1ncnc(C(C)c2cc(F)c3[nH]c(C)cc3c2F)c1C(=O)NC)NNC(C)C1CC1. The summed E-state index contributed by atoms with van der Waals surface area (Å²) in [5.41, 5.74) is 7.64. The molecule has 0 radical (unpaired) electrons. The van der Waals surface area contributed by atoms with Crippen LogP contribution < -0.4 is 16.2 Å². The third-order valence-corrected chi connectivity index (χ3v) is 6.50. The molecule has 2 atom stereocenters. The highest BCUT2D eigenvalue weighted by molar-refractivity contribution is 6.00. The van der Waals surface area contributed by atoms with Crippen LogP contribution in [0, 0.1) is 24.5 Å². The molecule has 2 unspecified atom stereocenters. The predicted octanol–water partition coefficient (Wildman–Crippen LogP) is 4.39. The second-order valence-electron chi connectivity index (χ2n) is 9.07. The summed E-state index contributed by atoms with van der Waals surface area (Å²) in [5.74, 6) is -0.922. The van der Waals surface area contributed by atoms with Crippen LogP contribution in [0.15, 0.2) is 23.5 Å². The number of amides is 1. The van der Waals surface area contributed by atoms with E-state index in [1.807, 2.05) is 6.92 Å². The van der Waals surface area contributed by atoms with E-state index in [4.69, 9.17) is 0 Å². The number of halogens is 2. The van der Waals surface area contributed by atoms with E-state index in [0.717, 1.165) is 6.07 Å². The Morgan fingerprint density at radius 3 is 2.66 bits per heavy atom. The van der Waals surface area contributed by atoms with Gasteiger partial charge >= 0.3 is 0 Å². The van der Waals surface area contributed by atoms with Crippen LogP contribution in [0.5, 0.6) is 0 Å². The molecule has 4 rings (SSSR count). The molecule has 1 saturated carbocycles. The van der Waals surface area contributed by atoms with Crippen LogP contribution in [0.2, 0.25) is 0 Å². The topological polar surface area (TPSA) is 107 Å².